The second-order valence-electron chi connectivity index (χ2n) is 6.86. The van der Waals surface area contributed by atoms with Gasteiger partial charge in [0.25, 0.3) is 5.91 Å². The first-order valence-corrected chi connectivity index (χ1v) is 9.02. The lowest BCUT2D eigenvalue weighted by Gasteiger charge is -2.40. The van der Waals surface area contributed by atoms with Crippen LogP contribution in [0.2, 0.25) is 0 Å². The maximum atomic E-state index is 13.1. The molecule has 4 rings (SSSR count). The van der Waals surface area contributed by atoms with E-state index < -0.39 is 0 Å². The molecule has 1 aliphatic rings. The van der Waals surface area contributed by atoms with Crippen molar-refractivity contribution < 1.29 is 13.6 Å². The number of benzene rings is 2. The lowest BCUT2D eigenvalue weighted by atomic mass is 10.0. The molecule has 1 fully saturated rings. The van der Waals surface area contributed by atoms with Gasteiger partial charge in [0.2, 0.25) is 0 Å². The molecule has 138 valence electrons. The number of hydrogen-bond donors (Lipinski definition) is 0. The van der Waals surface area contributed by atoms with Crippen molar-refractivity contribution in [1.29, 1.82) is 0 Å². The summed E-state index contributed by atoms with van der Waals surface area (Å²) in [5, 5.41) is 0. The number of furan rings is 1. The van der Waals surface area contributed by atoms with Gasteiger partial charge in [0, 0.05) is 25.2 Å². The molecule has 0 bridgehead atoms. The Balaban J connectivity index is 1.60. The van der Waals surface area contributed by atoms with E-state index in [0.29, 0.717) is 18.1 Å². The Hall–Kier alpha value is -2.92. The molecule has 1 amide bonds. The van der Waals surface area contributed by atoms with Gasteiger partial charge in [-0.1, -0.05) is 30.3 Å². The molecular formula is C22H21FN2O2. The minimum atomic E-state index is -0.301. The molecule has 1 aliphatic heterocycles. The van der Waals surface area contributed by atoms with Crippen LogP contribution in [0.25, 0.3) is 11.3 Å². The van der Waals surface area contributed by atoms with Gasteiger partial charge in [0.15, 0.2) is 5.76 Å². The summed E-state index contributed by atoms with van der Waals surface area (Å²) in [6.45, 7) is 2.24. The Morgan fingerprint density at radius 3 is 2.48 bits per heavy atom. The van der Waals surface area contributed by atoms with Gasteiger partial charge in [0.05, 0.1) is 6.04 Å². The number of rotatable bonds is 3. The van der Waals surface area contributed by atoms with Gasteiger partial charge in [-0.3, -0.25) is 4.79 Å². The number of carbonyl (C=O) groups is 1. The highest BCUT2D eigenvalue weighted by Crippen LogP contribution is 2.29. The number of halogens is 1. The van der Waals surface area contributed by atoms with Crippen molar-refractivity contribution in [1.82, 2.24) is 9.80 Å². The number of hydrogen-bond acceptors (Lipinski definition) is 3. The van der Waals surface area contributed by atoms with Crippen molar-refractivity contribution in [3.8, 4) is 11.3 Å². The third kappa shape index (κ3) is 3.64. The molecule has 2 aromatic carbocycles. The molecule has 1 atom stereocenters. The summed E-state index contributed by atoms with van der Waals surface area (Å²) in [6.07, 6.45) is 0. The molecule has 0 unspecified atom stereocenters. The van der Waals surface area contributed by atoms with Crippen molar-refractivity contribution in [2.24, 2.45) is 0 Å². The van der Waals surface area contributed by atoms with Crippen molar-refractivity contribution in [2.75, 3.05) is 26.7 Å². The molecule has 4 nitrogen and oxygen atoms in total. The minimum absolute atomic E-state index is 0.0168. The molecule has 1 saturated heterocycles. The molecule has 5 heteroatoms. The first kappa shape index (κ1) is 17.5. The molecule has 3 aromatic rings. The van der Waals surface area contributed by atoms with Gasteiger partial charge in [0.1, 0.15) is 11.6 Å². The first-order chi connectivity index (χ1) is 13.1. The highest BCUT2D eigenvalue weighted by molar-refractivity contribution is 5.92. The van der Waals surface area contributed by atoms with Crippen LogP contribution in [-0.2, 0) is 0 Å². The fourth-order valence-corrected chi connectivity index (χ4v) is 3.49. The Morgan fingerprint density at radius 2 is 1.74 bits per heavy atom. The van der Waals surface area contributed by atoms with Gasteiger partial charge < -0.3 is 14.2 Å². The number of nitrogens with zero attached hydrogens (tertiary/aromatic N) is 2. The quantitative estimate of drug-likeness (QED) is 0.698. The zero-order chi connectivity index (χ0) is 18.8. The first-order valence-electron chi connectivity index (χ1n) is 9.02. The van der Waals surface area contributed by atoms with Crippen LogP contribution in [0.3, 0.4) is 0 Å². The molecular weight excluding hydrogens is 343 g/mol. The van der Waals surface area contributed by atoms with Crippen LogP contribution in [0.4, 0.5) is 4.39 Å². The van der Waals surface area contributed by atoms with Crippen molar-refractivity contribution in [3.63, 3.8) is 0 Å². The third-order valence-electron chi connectivity index (χ3n) is 4.97. The average molecular weight is 364 g/mol. The summed E-state index contributed by atoms with van der Waals surface area (Å²) in [5.41, 5.74) is 1.86. The van der Waals surface area contributed by atoms with Crippen LogP contribution in [0.5, 0.6) is 0 Å². The van der Waals surface area contributed by atoms with E-state index in [9.17, 15) is 9.18 Å². The predicted octanol–water partition coefficient (Wildman–Crippen LogP) is 4.21. The maximum absolute atomic E-state index is 13.1. The van der Waals surface area contributed by atoms with Crippen LogP contribution in [0, 0.1) is 5.82 Å². The molecule has 27 heavy (non-hydrogen) atoms. The summed E-state index contributed by atoms with van der Waals surface area (Å²) in [7, 11) is 2.07. The molecule has 0 aliphatic carbocycles. The highest BCUT2D eigenvalue weighted by atomic mass is 19.1. The van der Waals surface area contributed by atoms with E-state index in [1.54, 1.807) is 24.3 Å². The Kier molecular flexibility index (Phi) is 4.77. The van der Waals surface area contributed by atoms with E-state index in [0.717, 1.165) is 24.2 Å². The fraction of sp³-hybridized carbons (Fsp3) is 0.227. The summed E-state index contributed by atoms with van der Waals surface area (Å²) < 4.78 is 18.9. The van der Waals surface area contributed by atoms with Gasteiger partial charge in [-0.05, 0) is 49.0 Å². The van der Waals surface area contributed by atoms with E-state index in [4.69, 9.17) is 4.42 Å². The number of likely N-dealkylation sites (N-methyl/N-ethyl adjacent to an activating group) is 1. The van der Waals surface area contributed by atoms with E-state index in [2.05, 4.69) is 24.1 Å². The van der Waals surface area contributed by atoms with Crippen LogP contribution >= 0.6 is 0 Å². The van der Waals surface area contributed by atoms with Crippen molar-refractivity contribution in [2.45, 2.75) is 6.04 Å². The van der Waals surface area contributed by atoms with Crippen molar-refractivity contribution in [3.05, 3.63) is 83.9 Å². The fourth-order valence-electron chi connectivity index (χ4n) is 3.49. The SMILES string of the molecule is CN1CCN(C(=O)c2ccc(-c3ccc(F)cc3)o2)[C@@H](c2ccccc2)C1. The third-order valence-corrected chi connectivity index (χ3v) is 4.97. The Bertz CT molecular complexity index is 921. The summed E-state index contributed by atoms with van der Waals surface area (Å²) in [6, 6.07) is 19.5. The highest BCUT2D eigenvalue weighted by Gasteiger charge is 2.32. The molecule has 0 radical (unpaired) electrons. The standard InChI is InChI=1S/C22H21FN2O2/c1-24-13-14-25(19(15-24)16-5-3-2-4-6-16)22(26)21-12-11-20(27-21)17-7-9-18(23)10-8-17/h2-12,19H,13-15H2,1H3/t19-/m1/s1. The molecule has 0 saturated carbocycles. The number of amides is 1. The van der Waals surface area contributed by atoms with Gasteiger partial charge >= 0.3 is 0 Å². The van der Waals surface area contributed by atoms with Gasteiger partial charge in [-0.15, -0.1) is 0 Å². The normalized spacial score (nSPS) is 17.9. The van der Waals surface area contributed by atoms with E-state index in [1.165, 1.54) is 12.1 Å². The number of piperazine rings is 1. The molecule has 2 heterocycles. The van der Waals surface area contributed by atoms with E-state index >= 15 is 0 Å². The van der Waals surface area contributed by atoms with Crippen molar-refractivity contribution >= 4 is 5.91 Å². The number of carbonyl (C=O) groups excluding carboxylic acids is 1. The zero-order valence-corrected chi connectivity index (χ0v) is 15.1. The van der Waals surface area contributed by atoms with Crippen LogP contribution in [-0.4, -0.2) is 42.4 Å². The van der Waals surface area contributed by atoms with Crippen LogP contribution < -0.4 is 0 Å². The smallest absolute Gasteiger partial charge is 0.290 e. The summed E-state index contributed by atoms with van der Waals surface area (Å²) >= 11 is 0. The Labute approximate surface area is 157 Å². The lowest BCUT2D eigenvalue weighted by Crippen LogP contribution is -2.49. The topological polar surface area (TPSA) is 36.7 Å². The monoisotopic (exact) mass is 364 g/mol. The van der Waals surface area contributed by atoms with Crippen LogP contribution in [0.1, 0.15) is 22.2 Å². The van der Waals surface area contributed by atoms with Gasteiger partial charge in [-0.2, -0.15) is 0 Å². The summed E-state index contributed by atoms with van der Waals surface area (Å²) in [4.78, 5) is 17.2. The lowest BCUT2D eigenvalue weighted by molar-refractivity contribution is 0.0468. The molecule has 0 spiro atoms. The predicted molar refractivity (Wildman–Crippen MR) is 102 cm³/mol. The zero-order valence-electron chi connectivity index (χ0n) is 15.1. The molecule has 0 N–H and O–H groups in total. The Morgan fingerprint density at radius 1 is 1.00 bits per heavy atom. The summed E-state index contributed by atoms with van der Waals surface area (Å²) in [5.74, 6) is 0.443. The second kappa shape index (κ2) is 7.37. The van der Waals surface area contributed by atoms with Gasteiger partial charge in [-0.25, -0.2) is 4.39 Å². The molecule has 1 aromatic heterocycles. The minimum Gasteiger partial charge on any atom is -0.451 e. The second-order valence-corrected chi connectivity index (χ2v) is 6.86. The largest absolute Gasteiger partial charge is 0.451 e. The van der Waals surface area contributed by atoms with E-state index in [-0.39, 0.29) is 17.8 Å². The maximum Gasteiger partial charge on any atom is 0.290 e. The van der Waals surface area contributed by atoms with Crippen LogP contribution in [0.15, 0.2) is 71.1 Å². The average Bonchev–Trinajstić information content (AvgIpc) is 3.19. The van der Waals surface area contributed by atoms with E-state index in [1.807, 2.05) is 23.1 Å².